The van der Waals surface area contributed by atoms with Crippen molar-refractivity contribution in [3.63, 3.8) is 0 Å². The van der Waals surface area contributed by atoms with Crippen molar-refractivity contribution >= 4 is 0 Å². The number of methoxy groups -OCH3 is 1. The van der Waals surface area contributed by atoms with E-state index in [0.29, 0.717) is 30.1 Å². The maximum atomic E-state index is 11.4. The van der Waals surface area contributed by atoms with Crippen LogP contribution in [0.25, 0.3) is 0 Å². The molecule has 7 nitrogen and oxygen atoms in total. The first-order valence-electron chi connectivity index (χ1n) is 13.7. The van der Waals surface area contributed by atoms with Gasteiger partial charge < -0.3 is 34.6 Å². The summed E-state index contributed by atoms with van der Waals surface area (Å²) in [7, 11) is 1.49. The van der Waals surface area contributed by atoms with Gasteiger partial charge in [-0.05, 0) is 87.9 Å². The van der Waals surface area contributed by atoms with Crippen molar-refractivity contribution in [2.24, 2.45) is 34.5 Å². The van der Waals surface area contributed by atoms with E-state index in [9.17, 15) is 20.4 Å². The minimum absolute atomic E-state index is 0.0189. The average molecular weight is 495 g/mol. The highest BCUT2D eigenvalue weighted by Crippen LogP contribution is 2.67. The Balaban J connectivity index is 1.30. The molecule has 35 heavy (non-hydrogen) atoms. The molecule has 1 heterocycles. The minimum Gasteiger partial charge on any atom is -0.390 e. The number of allylic oxidation sites excluding steroid dienone is 2. The van der Waals surface area contributed by atoms with Crippen LogP contribution in [-0.4, -0.2) is 76.1 Å². The molecule has 14 unspecified atom stereocenters. The first-order chi connectivity index (χ1) is 16.5. The largest absolute Gasteiger partial charge is 0.390 e. The van der Waals surface area contributed by atoms with Gasteiger partial charge in [0.15, 0.2) is 6.29 Å². The van der Waals surface area contributed by atoms with Gasteiger partial charge in [-0.15, -0.1) is 0 Å². The molecule has 1 aliphatic heterocycles. The molecule has 0 aromatic rings. The van der Waals surface area contributed by atoms with Crippen LogP contribution in [0.3, 0.4) is 0 Å². The zero-order valence-corrected chi connectivity index (χ0v) is 22.0. The van der Waals surface area contributed by atoms with Gasteiger partial charge in [0, 0.05) is 12.5 Å². The van der Waals surface area contributed by atoms with Crippen molar-refractivity contribution in [3.8, 4) is 0 Å². The van der Waals surface area contributed by atoms with Crippen molar-refractivity contribution in [2.45, 2.75) is 121 Å². The summed E-state index contributed by atoms with van der Waals surface area (Å²) in [6, 6.07) is 0. The third kappa shape index (κ3) is 3.79. The summed E-state index contributed by atoms with van der Waals surface area (Å²) < 4.78 is 17.5. The molecule has 7 heteroatoms. The molecule has 0 radical (unpaired) electrons. The quantitative estimate of drug-likeness (QED) is 0.445. The van der Waals surface area contributed by atoms with Gasteiger partial charge in [-0.1, -0.05) is 26.0 Å². The predicted molar refractivity (Wildman–Crippen MR) is 130 cm³/mol. The van der Waals surface area contributed by atoms with Gasteiger partial charge in [0.05, 0.1) is 23.9 Å². The molecule has 4 aliphatic carbocycles. The molecular weight excluding hydrogens is 448 g/mol. The maximum Gasteiger partial charge on any atom is 0.186 e. The molecule has 0 spiro atoms. The lowest BCUT2D eigenvalue weighted by Crippen LogP contribution is -2.59. The van der Waals surface area contributed by atoms with E-state index in [2.05, 4.69) is 26.0 Å². The zero-order chi connectivity index (χ0) is 25.3. The summed E-state index contributed by atoms with van der Waals surface area (Å²) in [4.78, 5) is 0. The Labute approximate surface area is 209 Å². The van der Waals surface area contributed by atoms with Crippen LogP contribution < -0.4 is 0 Å². The van der Waals surface area contributed by atoms with Gasteiger partial charge in [-0.2, -0.15) is 0 Å². The summed E-state index contributed by atoms with van der Waals surface area (Å²) in [6.45, 7) is 8.18. The van der Waals surface area contributed by atoms with Crippen molar-refractivity contribution in [2.75, 3.05) is 7.11 Å². The number of aliphatic hydroxyl groups is 4. The molecule has 0 aromatic carbocycles. The molecule has 4 fully saturated rings. The summed E-state index contributed by atoms with van der Waals surface area (Å²) in [5.41, 5.74) is -1.06. The fourth-order valence-electron chi connectivity index (χ4n) is 9.02. The van der Waals surface area contributed by atoms with E-state index in [1.54, 1.807) is 13.8 Å². The fourth-order valence-corrected chi connectivity index (χ4v) is 9.02. The van der Waals surface area contributed by atoms with Crippen LogP contribution in [0.4, 0.5) is 0 Å². The van der Waals surface area contributed by atoms with E-state index >= 15 is 0 Å². The molecule has 0 aromatic heterocycles. The van der Waals surface area contributed by atoms with Crippen LogP contribution >= 0.6 is 0 Å². The number of hydrogen-bond acceptors (Lipinski definition) is 7. The Kier molecular flexibility index (Phi) is 6.73. The third-order valence-corrected chi connectivity index (χ3v) is 11.4. The fraction of sp³-hybridized carbons (Fsp3) is 0.929. The second-order valence-corrected chi connectivity index (χ2v) is 12.8. The maximum absolute atomic E-state index is 11.4. The molecule has 14 atom stereocenters. The second kappa shape index (κ2) is 9.04. The highest BCUT2D eigenvalue weighted by Gasteiger charge is 2.65. The lowest BCUT2D eigenvalue weighted by atomic mass is 9.46. The molecule has 3 saturated carbocycles. The SMILES string of the molecule is COC1C(O)C(C)OC(OC2CCC3(C)C(C=CC4C3CCC3(C)C4CCC3(O)C(C)O)C2)C1O. The van der Waals surface area contributed by atoms with Gasteiger partial charge in [0.2, 0.25) is 0 Å². The summed E-state index contributed by atoms with van der Waals surface area (Å²) in [5, 5.41) is 42.9. The van der Waals surface area contributed by atoms with E-state index in [0.717, 1.165) is 38.5 Å². The normalized spacial score (nSPS) is 56.7. The molecule has 1 saturated heterocycles. The van der Waals surface area contributed by atoms with Crippen molar-refractivity contribution in [3.05, 3.63) is 12.2 Å². The summed E-state index contributed by atoms with van der Waals surface area (Å²) >= 11 is 0. The van der Waals surface area contributed by atoms with E-state index < -0.39 is 42.4 Å². The Morgan fingerprint density at radius 1 is 1.00 bits per heavy atom. The zero-order valence-electron chi connectivity index (χ0n) is 22.0. The lowest BCUT2D eigenvalue weighted by Gasteiger charge is -2.60. The van der Waals surface area contributed by atoms with E-state index in [1.165, 1.54) is 7.11 Å². The Morgan fingerprint density at radius 2 is 1.71 bits per heavy atom. The summed E-state index contributed by atoms with van der Waals surface area (Å²) in [5.74, 6) is 1.80. The van der Waals surface area contributed by atoms with Gasteiger partial charge in [-0.25, -0.2) is 0 Å². The van der Waals surface area contributed by atoms with Crippen molar-refractivity contribution in [1.29, 1.82) is 0 Å². The molecular formula is C28H46O7. The molecule has 0 bridgehead atoms. The number of aliphatic hydroxyl groups excluding tert-OH is 3. The first-order valence-corrected chi connectivity index (χ1v) is 13.7. The van der Waals surface area contributed by atoms with Crippen molar-refractivity contribution < 1.29 is 34.6 Å². The van der Waals surface area contributed by atoms with Crippen LogP contribution in [-0.2, 0) is 14.2 Å². The predicted octanol–water partition coefficient (Wildman–Crippen LogP) is 2.78. The molecule has 5 rings (SSSR count). The van der Waals surface area contributed by atoms with Gasteiger partial charge in [-0.3, -0.25) is 0 Å². The van der Waals surface area contributed by atoms with Crippen LogP contribution in [0.15, 0.2) is 12.2 Å². The average Bonchev–Trinajstić information content (AvgIpc) is 3.10. The summed E-state index contributed by atoms with van der Waals surface area (Å²) in [6.07, 6.45) is 6.68. The van der Waals surface area contributed by atoms with Crippen LogP contribution in [0.5, 0.6) is 0 Å². The number of hydrogen-bond donors (Lipinski definition) is 4. The van der Waals surface area contributed by atoms with Gasteiger partial charge in [0.25, 0.3) is 0 Å². The molecule has 4 N–H and O–H groups in total. The first kappa shape index (κ1) is 26.1. The monoisotopic (exact) mass is 494 g/mol. The van der Waals surface area contributed by atoms with Gasteiger partial charge >= 0.3 is 0 Å². The van der Waals surface area contributed by atoms with E-state index in [4.69, 9.17) is 14.2 Å². The third-order valence-electron chi connectivity index (χ3n) is 11.4. The Morgan fingerprint density at radius 3 is 2.40 bits per heavy atom. The molecule has 5 aliphatic rings. The topological polar surface area (TPSA) is 109 Å². The standard InChI is InChI=1S/C28H46O7/c1-15-22(30)24(33-5)23(31)25(34-15)35-18-8-11-26(3)17(14-18)6-7-19-20(26)9-12-27(4)21(19)10-13-28(27,32)16(2)29/h6-7,15-25,29-32H,8-14H2,1-5H3. The smallest absolute Gasteiger partial charge is 0.186 e. The second-order valence-electron chi connectivity index (χ2n) is 12.8. The van der Waals surface area contributed by atoms with Gasteiger partial charge in [0.1, 0.15) is 18.3 Å². The number of fused-ring (bicyclic) bond motifs is 5. The molecule has 0 amide bonds. The van der Waals surface area contributed by atoms with Crippen LogP contribution in [0, 0.1) is 34.5 Å². The number of ether oxygens (including phenoxy) is 3. The minimum atomic E-state index is -1.03. The Hall–Kier alpha value is -0.540. The lowest BCUT2D eigenvalue weighted by molar-refractivity contribution is -0.311. The van der Waals surface area contributed by atoms with E-state index in [1.807, 2.05) is 0 Å². The Bertz CT molecular complexity index is 817. The highest BCUT2D eigenvalue weighted by atomic mass is 16.7. The molecule has 200 valence electrons. The van der Waals surface area contributed by atoms with Crippen LogP contribution in [0.1, 0.15) is 72.6 Å². The van der Waals surface area contributed by atoms with Crippen LogP contribution in [0.2, 0.25) is 0 Å². The highest BCUT2D eigenvalue weighted by molar-refractivity contribution is 5.21. The number of rotatable bonds is 4. The van der Waals surface area contributed by atoms with E-state index in [-0.39, 0.29) is 16.9 Å². The van der Waals surface area contributed by atoms with Crippen molar-refractivity contribution in [1.82, 2.24) is 0 Å².